The Morgan fingerprint density at radius 3 is 2.72 bits per heavy atom. The summed E-state index contributed by atoms with van der Waals surface area (Å²) in [6, 6.07) is 10.1. The number of aryl methyl sites for hydroxylation is 1. The molecule has 0 fully saturated rings. The van der Waals surface area contributed by atoms with Gasteiger partial charge in [-0.15, -0.1) is 5.10 Å². The van der Waals surface area contributed by atoms with Crippen molar-refractivity contribution in [3.05, 3.63) is 64.5 Å². The van der Waals surface area contributed by atoms with Crippen LogP contribution in [-0.2, 0) is 6.42 Å². The van der Waals surface area contributed by atoms with Crippen LogP contribution in [0.5, 0.6) is 0 Å². The zero-order valence-corrected chi connectivity index (χ0v) is 15.7. The molecule has 6 nitrogen and oxygen atoms in total. The van der Waals surface area contributed by atoms with Gasteiger partial charge in [0.15, 0.2) is 5.82 Å². The number of nitrogens with one attached hydrogen (secondary N) is 1. The smallest absolute Gasteiger partial charge is 0.247 e. The third-order valence-corrected chi connectivity index (χ3v) is 4.42. The number of anilines is 3. The standard InChI is InChI=1S/C18H19BrN6/c1-13-3-4-16(15(19)11-13)22-17-12-21-24-18(23-17)25(2)10-7-14-5-8-20-9-6-14/h3-6,8-9,11-12H,7,10H2,1-2H3,(H,22,23,24). The summed E-state index contributed by atoms with van der Waals surface area (Å²) in [4.78, 5) is 10.6. The van der Waals surface area contributed by atoms with Crippen molar-refractivity contribution in [1.29, 1.82) is 0 Å². The Labute approximate surface area is 155 Å². The Morgan fingerprint density at radius 1 is 1.16 bits per heavy atom. The first-order valence-corrected chi connectivity index (χ1v) is 8.74. The number of benzene rings is 1. The van der Waals surface area contributed by atoms with E-state index in [1.165, 1.54) is 11.1 Å². The summed E-state index contributed by atoms with van der Waals surface area (Å²) in [6.07, 6.45) is 6.12. The Balaban J connectivity index is 1.68. The van der Waals surface area contributed by atoms with Crippen LogP contribution in [0, 0.1) is 6.92 Å². The van der Waals surface area contributed by atoms with Crippen LogP contribution in [0.1, 0.15) is 11.1 Å². The molecule has 0 radical (unpaired) electrons. The Hall–Kier alpha value is -2.54. The number of nitrogens with zero attached hydrogens (tertiary/aromatic N) is 5. The molecule has 0 aliphatic heterocycles. The predicted octanol–water partition coefficient (Wildman–Crippen LogP) is 3.76. The third kappa shape index (κ3) is 4.73. The van der Waals surface area contributed by atoms with Gasteiger partial charge in [0.25, 0.3) is 0 Å². The molecule has 0 unspecified atom stereocenters. The molecule has 1 N–H and O–H groups in total. The predicted molar refractivity (Wildman–Crippen MR) is 103 cm³/mol. The van der Waals surface area contributed by atoms with Crippen molar-refractivity contribution in [3.8, 4) is 0 Å². The van der Waals surface area contributed by atoms with Crippen LogP contribution >= 0.6 is 15.9 Å². The van der Waals surface area contributed by atoms with Crippen molar-refractivity contribution in [2.75, 3.05) is 23.8 Å². The van der Waals surface area contributed by atoms with Crippen molar-refractivity contribution < 1.29 is 0 Å². The van der Waals surface area contributed by atoms with E-state index in [1.807, 2.05) is 36.2 Å². The van der Waals surface area contributed by atoms with Gasteiger partial charge in [0.2, 0.25) is 5.95 Å². The Bertz CT molecular complexity index is 840. The SMILES string of the molecule is Cc1ccc(Nc2cnnc(N(C)CCc3ccncc3)n2)c(Br)c1. The van der Waals surface area contributed by atoms with Gasteiger partial charge in [0.1, 0.15) is 0 Å². The maximum Gasteiger partial charge on any atom is 0.247 e. The van der Waals surface area contributed by atoms with Crippen LogP contribution in [0.3, 0.4) is 0 Å². The monoisotopic (exact) mass is 398 g/mol. The molecule has 7 heteroatoms. The number of halogens is 1. The van der Waals surface area contributed by atoms with Crippen LogP contribution in [0.2, 0.25) is 0 Å². The first kappa shape index (κ1) is 17.3. The van der Waals surface area contributed by atoms with E-state index in [2.05, 4.69) is 54.4 Å². The number of likely N-dealkylation sites (N-methyl/N-ethyl adjacent to an activating group) is 1. The van der Waals surface area contributed by atoms with Gasteiger partial charge in [-0.05, 0) is 64.7 Å². The first-order valence-electron chi connectivity index (χ1n) is 7.95. The number of aromatic nitrogens is 4. The summed E-state index contributed by atoms with van der Waals surface area (Å²) in [6.45, 7) is 2.85. The molecular formula is C18H19BrN6. The van der Waals surface area contributed by atoms with Crippen LogP contribution in [-0.4, -0.2) is 33.8 Å². The number of hydrogen-bond donors (Lipinski definition) is 1. The highest BCUT2D eigenvalue weighted by atomic mass is 79.9. The van der Waals surface area contributed by atoms with Crippen LogP contribution in [0.25, 0.3) is 0 Å². The minimum absolute atomic E-state index is 0.585. The molecule has 0 atom stereocenters. The fourth-order valence-electron chi connectivity index (χ4n) is 2.32. The van der Waals surface area contributed by atoms with Crippen molar-refractivity contribution in [1.82, 2.24) is 20.2 Å². The molecule has 0 saturated heterocycles. The van der Waals surface area contributed by atoms with Gasteiger partial charge in [-0.3, -0.25) is 4.98 Å². The van der Waals surface area contributed by atoms with Gasteiger partial charge < -0.3 is 10.2 Å². The molecule has 2 heterocycles. The second-order valence-electron chi connectivity index (χ2n) is 5.78. The maximum atomic E-state index is 4.55. The van der Waals surface area contributed by atoms with E-state index in [0.717, 1.165) is 23.1 Å². The number of rotatable bonds is 6. The Kier molecular flexibility index (Phi) is 5.55. The highest BCUT2D eigenvalue weighted by molar-refractivity contribution is 9.10. The molecule has 1 aromatic carbocycles. The lowest BCUT2D eigenvalue weighted by Crippen LogP contribution is -2.23. The molecule has 0 amide bonds. The minimum Gasteiger partial charge on any atom is -0.342 e. The average Bonchev–Trinajstić information content (AvgIpc) is 2.63. The lowest BCUT2D eigenvalue weighted by Gasteiger charge is -2.17. The lowest BCUT2D eigenvalue weighted by molar-refractivity contribution is 0.812. The second kappa shape index (κ2) is 8.02. The topological polar surface area (TPSA) is 66.8 Å². The molecule has 0 spiro atoms. The molecule has 25 heavy (non-hydrogen) atoms. The van der Waals surface area contributed by atoms with Gasteiger partial charge in [0.05, 0.1) is 11.9 Å². The first-order chi connectivity index (χ1) is 12.1. The van der Waals surface area contributed by atoms with E-state index in [-0.39, 0.29) is 0 Å². The van der Waals surface area contributed by atoms with E-state index in [0.29, 0.717) is 11.8 Å². The normalized spacial score (nSPS) is 10.5. The average molecular weight is 399 g/mol. The molecule has 0 aliphatic rings. The second-order valence-corrected chi connectivity index (χ2v) is 6.63. The van der Waals surface area contributed by atoms with E-state index in [9.17, 15) is 0 Å². The summed E-state index contributed by atoms with van der Waals surface area (Å²) in [5, 5.41) is 11.5. The van der Waals surface area contributed by atoms with Gasteiger partial charge in [-0.2, -0.15) is 10.1 Å². The van der Waals surface area contributed by atoms with Crippen LogP contribution in [0.15, 0.2) is 53.4 Å². The van der Waals surface area contributed by atoms with Crippen LogP contribution in [0.4, 0.5) is 17.5 Å². The maximum absolute atomic E-state index is 4.55. The number of pyridine rings is 1. The summed E-state index contributed by atoms with van der Waals surface area (Å²) < 4.78 is 0.985. The van der Waals surface area contributed by atoms with Crippen molar-refractivity contribution in [2.45, 2.75) is 13.3 Å². The van der Waals surface area contributed by atoms with Gasteiger partial charge >= 0.3 is 0 Å². The van der Waals surface area contributed by atoms with Crippen molar-refractivity contribution in [3.63, 3.8) is 0 Å². The van der Waals surface area contributed by atoms with E-state index < -0.39 is 0 Å². The quantitative estimate of drug-likeness (QED) is 0.681. The van der Waals surface area contributed by atoms with Crippen LogP contribution < -0.4 is 10.2 Å². The molecule has 0 saturated carbocycles. The zero-order chi connectivity index (χ0) is 17.6. The minimum atomic E-state index is 0.585. The number of hydrogen-bond acceptors (Lipinski definition) is 6. The molecule has 2 aromatic heterocycles. The molecule has 3 rings (SSSR count). The van der Waals surface area contributed by atoms with E-state index in [1.54, 1.807) is 18.6 Å². The summed E-state index contributed by atoms with van der Waals surface area (Å²) in [5.74, 6) is 1.24. The van der Waals surface area contributed by atoms with E-state index >= 15 is 0 Å². The molecule has 0 bridgehead atoms. The zero-order valence-electron chi connectivity index (χ0n) is 14.1. The fraction of sp³-hybridized carbons (Fsp3) is 0.222. The molecular weight excluding hydrogens is 380 g/mol. The highest BCUT2D eigenvalue weighted by Crippen LogP contribution is 2.26. The molecule has 128 valence electrons. The largest absolute Gasteiger partial charge is 0.342 e. The lowest BCUT2D eigenvalue weighted by atomic mass is 10.2. The Morgan fingerprint density at radius 2 is 1.96 bits per heavy atom. The van der Waals surface area contributed by atoms with Gasteiger partial charge in [-0.25, -0.2) is 0 Å². The molecule has 3 aromatic rings. The summed E-state index contributed by atoms with van der Waals surface area (Å²) in [5.41, 5.74) is 3.36. The summed E-state index contributed by atoms with van der Waals surface area (Å²) >= 11 is 3.56. The highest BCUT2D eigenvalue weighted by Gasteiger charge is 2.08. The third-order valence-electron chi connectivity index (χ3n) is 3.76. The van der Waals surface area contributed by atoms with Crippen molar-refractivity contribution in [2.24, 2.45) is 0 Å². The van der Waals surface area contributed by atoms with Gasteiger partial charge in [0, 0.05) is 30.5 Å². The fourth-order valence-corrected chi connectivity index (χ4v) is 2.91. The summed E-state index contributed by atoms with van der Waals surface area (Å²) in [7, 11) is 1.96. The van der Waals surface area contributed by atoms with E-state index in [4.69, 9.17) is 0 Å². The van der Waals surface area contributed by atoms with Gasteiger partial charge in [-0.1, -0.05) is 6.07 Å². The molecule has 0 aliphatic carbocycles. The van der Waals surface area contributed by atoms with Crippen molar-refractivity contribution >= 4 is 33.4 Å².